The molecule has 0 fully saturated rings. The number of aldehydes is 1. The van der Waals surface area contributed by atoms with Crippen molar-refractivity contribution in [2.45, 2.75) is 13.8 Å². The molecule has 4 nitrogen and oxygen atoms in total. The van der Waals surface area contributed by atoms with Crippen molar-refractivity contribution in [3.63, 3.8) is 0 Å². The maximum atomic E-state index is 11.7. The molecular weight excluding hydrogens is 204 g/mol. The minimum absolute atomic E-state index is 0.145. The first-order chi connectivity index (χ1) is 7.71. The van der Waals surface area contributed by atoms with Crippen LogP contribution in [0.2, 0.25) is 0 Å². The SMILES string of the molecule is CCN(CC)C(=O)Nc1cccc(C=O)c1. The third-order valence-corrected chi connectivity index (χ3v) is 2.32. The predicted molar refractivity (Wildman–Crippen MR) is 63.8 cm³/mol. The maximum absolute atomic E-state index is 11.7. The maximum Gasteiger partial charge on any atom is 0.321 e. The van der Waals surface area contributed by atoms with Gasteiger partial charge in [-0.05, 0) is 26.0 Å². The summed E-state index contributed by atoms with van der Waals surface area (Å²) in [6.07, 6.45) is 0.757. The van der Waals surface area contributed by atoms with Crippen LogP contribution in [-0.2, 0) is 0 Å². The van der Waals surface area contributed by atoms with Crippen LogP contribution in [0.3, 0.4) is 0 Å². The molecule has 4 heteroatoms. The van der Waals surface area contributed by atoms with E-state index in [0.29, 0.717) is 24.3 Å². The third kappa shape index (κ3) is 3.08. The van der Waals surface area contributed by atoms with Crippen molar-refractivity contribution in [2.75, 3.05) is 18.4 Å². The minimum atomic E-state index is -0.145. The average molecular weight is 220 g/mol. The number of hydrogen-bond acceptors (Lipinski definition) is 2. The highest BCUT2D eigenvalue weighted by molar-refractivity contribution is 5.90. The van der Waals surface area contributed by atoms with E-state index in [-0.39, 0.29) is 6.03 Å². The van der Waals surface area contributed by atoms with Crippen LogP contribution < -0.4 is 5.32 Å². The minimum Gasteiger partial charge on any atom is -0.325 e. The standard InChI is InChI=1S/C12H16N2O2/c1-3-14(4-2)12(16)13-11-7-5-6-10(8-11)9-15/h5-9H,3-4H2,1-2H3,(H,13,16). The van der Waals surface area contributed by atoms with Gasteiger partial charge in [0, 0.05) is 24.3 Å². The Labute approximate surface area is 95.3 Å². The third-order valence-electron chi connectivity index (χ3n) is 2.32. The number of nitrogens with one attached hydrogen (secondary N) is 1. The van der Waals surface area contributed by atoms with Gasteiger partial charge in [0.25, 0.3) is 0 Å². The molecule has 2 amide bonds. The zero-order valence-electron chi connectivity index (χ0n) is 9.56. The lowest BCUT2D eigenvalue weighted by molar-refractivity contribution is 0.112. The van der Waals surface area contributed by atoms with Crippen LogP contribution in [-0.4, -0.2) is 30.3 Å². The van der Waals surface area contributed by atoms with Crippen molar-refractivity contribution in [3.8, 4) is 0 Å². The number of amides is 2. The molecule has 0 unspecified atom stereocenters. The molecule has 1 aromatic carbocycles. The van der Waals surface area contributed by atoms with Gasteiger partial charge in [0.05, 0.1) is 0 Å². The van der Waals surface area contributed by atoms with Gasteiger partial charge in [-0.3, -0.25) is 4.79 Å². The molecule has 0 atom stereocenters. The molecule has 0 radical (unpaired) electrons. The average Bonchev–Trinajstić information content (AvgIpc) is 2.31. The first-order valence-electron chi connectivity index (χ1n) is 5.32. The molecule has 1 N–H and O–H groups in total. The molecular formula is C12H16N2O2. The molecule has 0 aliphatic heterocycles. The summed E-state index contributed by atoms with van der Waals surface area (Å²) in [5.74, 6) is 0. The van der Waals surface area contributed by atoms with Crippen LogP contribution in [0.15, 0.2) is 24.3 Å². The highest BCUT2D eigenvalue weighted by Gasteiger charge is 2.08. The fraction of sp³-hybridized carbons (Fsp3) is 0.333. The van der Waals surface area contributed by atoms with Crippen LogP contribution in [0.5, 0.6) is 0 Å². The zero-order chi connectivity index (χ0) is 12.0. The van der Waals surface area contributed by atoms with E-state index in [1.807, 2.05) is 13.8 Å². The summed E-state index contributed by atoms with van der Waals surface area (Å²) in [6, 6.07) is 6.69. The summed E-state index contributed by atoms with van der Waals surface area (Å²) in [4.78, 5) is 23.9. The van der Waals surface area contributed by atoms with Gasteiger partial charge in [-0.25, -0.2) is 4.79 Å². The monoisotopic (exact) mass is 220 g/mol. The molecule has 1 rings (SSSR count). The van der Waals surface area contributed by atoms with Crippen LogP contribution in [0.25, 0.3) is 0 Å². The van der Waals surface area contributed by atoms with Gasteiger partial charge in [0.2, 0.25) is 0 Å². The Hall–Kier alpha value is -1.84. The van der Waals surface area contributed by atoms with Crippen molar-refractivity contribution < 1.29 is 9.59 Å². The quantitative estimate of drug-likeness (QED) is 0.792. The van der Waals surface area contributed by atoms with Gasteiger partial charge in [0.15, 0.2) is 0 Å². The number of carbonyl (C=O) groups is 2. The summed E-state index contributed by atoms with van der Waals surface area (Å²) in [7, 11) is 0. The molecule has 0 bridgehead atoms. The number of carbonyl (C=O) groups excluding carboxylic acids is 2. The van der Waals surface area contributed by atoms with Crippen LogP contribution in [0.1, 0.15) is 24.2 Å². The van der Waals surface area contributed by atoms with Gasteiger partial charge in [0.1, 0.15) is 6.29 Å². The second-order valence-corrected chi connectivity index (χ2v) is 3.35. The van der Waals surface area contributed by atoms with Crippen LogP contribution >= 0.6 is 0 Å². The number of anilines is 1. The summed E-state index contributed by atoms with van der Waals surface area (Å²) in [5.41, 5.74) is 1.19. The summed E-state index contributed by atoms with van der Waals surface area (Å²) < 4.78 is 0. The van der Waals surface area contributed by atoms with Crippen LogP contribution in [0, 0.1) is 0 Å². The van der Waals surface area contributed by atoms with E-state index >= 15 is 0 Å². The fourth-order valence-electron chi connectivity index (χ4n) is 1.40. The molecule has 0 aromatic heterocycles. The highest BCUT2D eigenvalue weighted by Crippen LogP contribution is 2.09. The van der Waals surface area contributed by atoms with E-state index in [1.54, 1.807) is 29.2 Å². The first-order valence-corrected chi connectivity index (χ1v) is 5.32. The lowest BCUT2D eigenvalue weighted by Gasteiger charge is -2.19. The Morgan fingerprint density at radius 2 is 2.06 bits per heavy atom. The Bertz CT molecular complexity index is 373. The summed E-state index contributed by atoms with van der Waals surface area (Å²) >= 11 is 0. The largest absolute Gasteiger partial charge is 0.325 e. The first kappa shape index (κ1) is 12.2. The number of benzene rings is 1. The van der Waals surface area contributed by atoms with Crippen molar-refractivity contribution >= 4 is 18.0 Å². The lowest BCUT2D eigenvalue weighted by atomic mass is 10.2. The zero-order valence-corrected chi connectivity index (χ0v) is 9.56. The highest BCUT2D eigenvalue weighted by atomic mass is 16.2. The molecule has 1 aromatic rings. The summed E-state index contributed by atoms with van der Waals surface area (Å²) in [6.45, 7) is 5.17. The number of urea groups is 1. The smallest absolute Gasteiger partial charge is 0.321 e. The molecule has 0 saturated carbocycles. The second kappa shape index (κ2) is 5.90. The predicted octanol–water partition coefficient (Wildman–Crippen LogP) is 2.37. The summed E-state index contributed by atoms with van der Waals surface area (Å²) in [5, 5.41) is 2.75. The molecule has 0 aliphatic carbocycles. The Morgan fingerprint density at radius 3 is 2.62 bits per heavy atom. The van der Waals surface area contributed by atoms with Crippen LogP contribution in [0.4, 0.5) is 10.5 Å². The van der Waals surface area contributed by atoms with E-state index in [1.165, 1.54) is 0 Å². The molecule has 0 saturated heterocycles. The second-order valence-electron chi connectivity index (χ2n) is 3.35. The van der Waals surface area contributed by atoms with Crippen molar-refractivity contribution in [3.05, 3.63) is 29.8 Å². The van der Waals surface area contributed by atoms with Gasteiger partial charge in [-0.2, -0.15) is 0 Å². The van der Waals surface area contributed by atoms with Crippen molar-refractivity contribution in [1.82, 2.24) is 4.90 Å². The van der Waals surface area contributed by atoms with E-state index in [0.717, 1.165) is 6.29 Å². The molecule has 0 heterocycles. The lowest BCUT2D eigenvalue weighted by Crippen LogP contribution is -2.34. The van der Waals surface area contributed by atoms with Gasteiger partial charge < -0.3 is 10.2 Å². The van der Waals surface area contributed by atoms with Crippen molar-refractivity contribution in [2.24, 2.45) is 0 Å². The number of hydrogen-bond donors (Lipinski definition) is 1. The van der Waals surface area contributed by atoms with E-state index in [2.05, 4.69) is 5.32 Å². The van der Waals surface area contributed by atoms with Gasteiger partial charge in [-0.1, -0.05) is 12.1 Å². The van der Waals surface area contributed by atoms with E-state index in [9.17, 15) is 9.59 Å². The molecule has 86 valence electrons. The molecule has 0 spiro atoms. The normalized spacial score (nSPS) is 9.62. The molecule has 16 heavy (non-hydrogen) atoms. The van der Waals surface area contributed by atoms with Gasteiger partial charge >= 0.3 is 6.03 Å². The fourth-order valence-corrected chi connectivity index (χ4v) is 1.40. The van der Waals surface area contributed by atoms with Crippen molar-refractivity contribution in [1.29, 1.82) is 0 Å². The molecule has 0 aliphatic rings. The number of rotatable bonds is 4. The Balaban J connectivity index is 2.72. The van der Waals surface area contributed by atoms with Gasteiger partial charge in [-0.15, -0.1) is 0 Å². The van der Waals surface area contributed by atoms with E-state index in [4.69, 9.17) is 0 Å². The Kier molecular flexibility index (Phi) is 4.51. The Morgan fingerprint density at radius 1 is 1.38 bits per heavy atom. The van der Waals surface area contributed by atoms with E-state index < -0.39 is 0 Å². The topological polar surface area (TPSA) is 49.4 Å². The number of nitrogens with zero attached hydrogens (tertiary/aromatic N) is 1.